The Bertz CT molecular complexity index is 1380. The molecule has 0 saturated carbocycles. The van der Waals surface area contributed by atoms with Gasteiger partial charge in [0.05, 0.1) is 30.6 Å². The molecule has 2 aromatic rings. The zero-order chi connectivity index (χ0) is 29.4. The van der Waals surface area contributed by atoms with Crippen molar-refractivity contribution in [3.05, 3.63) is 96.1 Å². The average molecular weight is 570 g/mol. The topological polar surface area (TPSA) is 90.4 Å². The molecule has 4 heterocycles. The molecule has 8 nitrogen and oxygen atoms in total. The number of nitrogens with zero attached hydrogens (tertiary/aromatic N) is 3. The molecule has 6 rings (SSSR count). The van der Waals surface area contributed by atoms with Crippen LogP contribution in [0.15, 0.2) is 85.0 Å². The minimum absolute atomic E-state index is 0.152. The van der Waals surface area contributed by atoms with Gasteiger partial charge >= 0.3 is 0 Å². The fraction of sp³-hybridized carbons (Fsp3) is 0.441. The first-order valence-corrected chi connectivity index (χ1v) is 14.9. The second-order valence-corrected chi connectivity index (χ2v) is 12.3. The van der Waals surface area contributed by atoms with Crippen LogP contribution in [0.5, 0.6) is 0 Å². The van der Waals surface area contributed by atoms with Crippen molar-refractivity contribution < 1.29 is 24.2 Å². The lowest BCUT2D eigenvalue weighted by Crippen LogP contribution is -2.58. The number of aliphatic hydroxyl groups is 1. The zero-order valence-corrected chi connectivity index (χ0v) is 24.2. The Morgan fingerprint density at radius 2 is 1.45 bits per heavy atom. The molecule has 1 unspecified atom stereocenters. The molecule has 4 aliphatic heterocycles. The van der Waals surface area contributed by atoms with Crippen molar-refractivity contribution in [2.75, 3.05) is 19.7 Å². The maximum atomic E-state index is 14.6. The first kappa shape index (κ1) is 28.4. The van der Waals surface area contributed by atoms with E-state index in [1.165, 1.54) is 0 Å². The predicted molar refractivity (Wildman–Crippen MR) is 158 cm³/mol. The molecule has 2 saturated heterocycles. The van der Waals surface area contributed by atoms with Gasteiger partial charge in [-0.15, -0.1) is 0 Å². The van der Waals surface area contributed by atoms with Crippen LogP contribution in [0.4, 0.5) is 0 Å². The van der Waals surface area contributed by atoms with E-state index in [4.69, 9.17) is 4.74 Å². The molecule has 1 N–H and O–H groups in total. The highest BCUT2D eigenvalue weighted by Crippen LogP contribution is 2.54. The van der Waals surface area contributed by atoms with Crippen LogP contribution in [0.2, 0.25) is 0 Å². The monoisotopic (exact) mass is 569 g/mol. The highest BCUT2D eigenvalue weighted by molar-refractivity contribution is 6.00. The predicted octanol–water partition coefficient (Wildman–Crippen LogP) is 3.17. The lowest BCUT2D eigenvalue weighted by Gasteiger charge is -2.39. The van der Waals surface area contributed by atoms with Crippen LogP contribution in [0.1, 0.15) is 31.4 Å². The molecule has 6 atom stereocenters. The Labute approximate surface area is 247 Å². The van der Waals surface area contributed by atoms with Crippen molar-refractivity contribution in [2.24, 2.45) is 17.8 Å². The number of carbonyl (C=O) groups excluding carboxylic acids is 3. The van der Waals surface area contributed by atoms with E-state index in [0.717, 1.165) is 11.1 Å². The van der Waals surface area contributed by atoms with Gasteiger partial charge in [-0.25, -0.2) is 0 Å². The smallest absolute Gasteiger partial charge is 0.249 e. The molecule has 3 amide bonds. The van der Waals surface area contributed by atoms with Gasteiger partial charge in [0.25, 0.3) is 0 Å². The van der Waals surface area contributed by atoms with Crippen molar-refractivity contribution in [1.29, 1.82) is 0 Å². The summed E-state index contributed by atoms with van der Waals surface area (Å²) in [6.07, 6.45) is 7.48. The minimum Gasteiger partial charge on any atom is -0.394 e. The molecule has 8 heteroatoms. The van der Waals surface area contributed by atoms with E-state index in [9.17, 15) is 19.5 Å². The third-order valence-electron chi connectivity index (χ3n) is 9.04. The molecule has 220 valence electrons. The summed E-state index contributed by atoms with van der Waals surface area (Å²) in [6, 6.07) is 18.0. The maximum Gasteiger partial charge on any atom is 0.249 e. The number of hydrogen-bond donors (Lipinski definition) is 1. The Balaban J connectivity index is 1.40. The molecule has 0 bridgehead atoms. The van der Waals surface area contributed by atoms with E-state index in [1.807, 2.05) is 98.8 Å². The van der Waals surface area contributed by atoms with Crippen molar-refractivity contribution in [2.45, 2.75) is 57.1 Å². The van der Waals surface area contributed by atoms with E-state index in [1.54, 1.807) is 14.7 Å². The maximum absolute atomic E-state index is 14.6. The number of fused-ring (bicyclic) bond motifs is 2. The van der Waals surface area contributed by atoms with E-state index >= 15 is 0 Å². The third kappa shape index (κ3) is 4.86. The number of benzene rings is 2. The zero-order valence-electron chi connectivity index (χ0n) is 24.2. The molecule has 4 aliphatic rings. The first-order chi connectivity index (χ1) is 20.3. The van der Waals surface area contributed by atoms with Crippen LogP contribution in [0, 0.1) is 17.8 Å². The molecule has 42 heavy (non-hydrogen) atoms. The van der Waals surface area contributed by atoms with Gasteiger partial charge in [-0.3, -0.25) is 14.4 Å². The summed E-state index contributed by atoms with van der Waals surface area (Å²) in [5.74, 6) is -2.14. The molecule has 0 aliphatic carbocycles. The Morgan fingerprint density at radius 1 is 0.857 bits per heavy atom. The van der Waals surface area contributed by atoms with Crippen LogP contribution in [-0.4, -0.2) is 81.0 Å². The Hall–Kier alpha value is -3.75. The van der Waals surface area contributed by atoms with Crippen molar-refractivity contribution in [3.8, 4) is 0 Å². The quantitative estimate of drug-likeness (QED) is 0.494. The van der Waals surface area contributed by atoms with Crippen LogP contribution in [0.25, 0.3) is 0 Å². The number of likely N-dealkylation sites (tertiary alicyclic amines) is 1. The van der Waals surface area contributed by atoms with Gasteiger partial charge in [0.1, 0.15) is 11.6 Å². The van der Waals surface area contributed by atoms with Crippen molar-refractivity contribution in [3.63, 3.8) is 0 Å². The van der Waals surface area contributed by atoms with Crippen LogP contribution in [-0.2, 0) is 32.2 Å². The van der Waals surface area contributed by atoms with E-state index in [-0.39, 0.29) is 30.2 Å². The van der Waals surface area contributed by atoms with Crippen LogP contribution >= 0.6 is 0 Å². The number of carbonyl (C=O) groups is 3. The first-order valence-electron chi connectivity index (χ1n) is 14.9. The van der Waals surface area contributed by atoms with Gasteiger partial charge in [-0.1, -0.05) is 98.8 Å². The second-order valence-electron chi connectivity index (χ2n) is 12.3. The molecule has 0 radical (unpaired) electrons. The number of rotatable bonds is 8. The molecule has 2 fully saturated rings. The summed E-state index contributed by atoms with van der Waals surface area (Å²) in [4.78, 5) is 48.4. The summed E-state index contributed by atoms with van der Waals surface area (Å²) in [6.45, 7) is 5.36. The number of ether oxygens (including phenoxy) is 1. The molecular formula is C34H39N3O5. The fourth-order valence-corrected chi connectivity index (χ4v) is 7.28. The van der Waals surface area contributed by atoms with Crippen LogP contribution < -0.4 is 0 Å². The highest BCUT2D eigenvalue weighted by Gasteiger charge is 2.72. The Kier molecular flexibility index (Phi) is 7.77. The summed E-state index contributed by atoms with van der Waals surface area (Å²) in [5, 5.41) is 10.5. The van der Waals surface area contributed by atoms with Crippen molar-refractivity contribution >= 4 is 17.7 Å². The number of aliphatic hydroxyl groups excluding tert-OH is 1. The molecule has 1 spiro atoms. The fourth-order valence-electron chi connectivity index (χ4n) is 7.28. The standard InChI is InChI=1S/C34H39N3O5/c1-23(2)19-26(22-38)37-30-33(41)36(21-25-13-7-4-8-14-25)18-10-16-34(30)29(32(37)40)28-27(42-34)15-9-17-35(31(28)39)20-24-11-5-3-6-12-24/h3-16,23,26-30,38H,17-22H2,1-2H3/t26-,27-,28+,29+,30?,34+/m1/s1. The van der Waals surface area contributed by atoms with Gasteiger partial charge < -0.3 is 24.5 Å². The largest absolute Gasteiger partial charge is 0.394 e. The van der Waals surface area contributed by atoms with Crippen molar-refractivity contribution in [1.82, 2.24) is 14.7 Å². The van der Waals surface area contributed by atoms with Gasteiger partial charge in [-0.2, -0.15) is 0 Å². The van der Waals surface area contributed by atoms with Gasteiger partial charge in [0, 0.05) is 26.2 Å². The summed E-state index contributed by atoms with van der Waals surface area (Å²) < 4.78 is 6.77. The summed E-state index contributed by atoms with van der Waals surface area (Å²) in [7, 11) is 0. The van der Waals surface area contributed by atoms with Gasteiger partial charge in [0.15, 0.2) is 0 Å². The lowest BCUT2D eigenvalue weighted by molar-refractivity contribution is -0.152. The summed E-state index contributed by atoms with van der Waals surface area (Å²) in [5.41, 5.74) is 0.673. The number of hydrogen-bond acceptors (Lipinski definition) is 5. The van der Waals surface area contributed by atoms with E-state index in [0.29, 0.717) is 32.6 Å². The van der Waals surface area contributed by atoms with Gasteiger partial charge in [0.2, 0.25) is 17.7 Å². The van der Waals surface area contributed by atoms with E-state index < -0.39 is 35.6 Å². The van der Waals surface area contributed by atoms with E-state index in [2.05, 4.69) is 0 Å². The van der Waals surface area contributed by atoms with Gasteiger partial charge in [-0.05, 0) is 23.5 Å². The minimum atomic E-state index is -1.31. The number of amides is 3. The lowest BCUT2D eigenvalue weighted by atomic mass is 9.77. The van der Waals surface area contributed by atoms with Crippen LogP contribution in [0.3, 0.4) is 0 Å². The highest BCUT2D eigenvalue weighted by atomic mass is 16.5. The SMILES string of the molecule is CC(C)C[C@H](CO)N1C(=O)[C@@H]2[C@H]3C(=O)N(Cc4ccccc4)CC=C[C@H]3O[C@@]23C=CCN(Cc2ccccc2)C(=O)C13. The molecular weight excluding hydrogens is 530 g/mol. The molecule has 0 aromatic heterocycles. The summed E-state index contributed by atoms with van der Waals surface area (Å²) >= 11 is 0. The second kappa shape index (κ2) is 11.5. The Morgan fingerprint density at radius 3 is 2.05 bits per heavy atom. The normalized spacial score (nSPS) is 29.4. The average Bonchev–Trinajstić information content (AvgIpc) is 3.32. The third-order valence-corrected chi connectivity index (χ3v) is 9.04. The molecule has 2 aromatic carbocycles.